The Labute approximate surface area is 398 Å². The van der Waals surface area contributed by atoms with Gasteiger partial charge < -0.3 is 41.0 Å². The average molecular weight is 972 g/mol. The Kier molecular flexibility index (Phi) is 15.6. The molecule has 0 saturated heterocycles. The number of hydrogen-bond acceptors (Lipinski definition) is 10. The number of carboxylic acids is 2. The van der Waals surface area contributed by atoms with Crippen LogP contribution in [0, 0.1) is 0 Å². The summed E-state index contributed by atoms with van der Waals surface area (Å²) < 4.78 is 0. The molecular weight excluding hydrogens is 936 g/mol. The van der Waals surface area contributed by atoms with E-state index in [1.165, 1.54) is 0 Å². The van der Waals surface area contributed by atoms with E-state index in [0.29, 0.717) is 22.3 Å². The van der Waals surface area contributed by atoms with Gasteiger partial charge in [0.2, 0.25) is 0 Å². The summed E-state index contributed by atoms with van der Waals surface area (Å²) in [6.07, 6.45) is 7.21. The normalized spacial score (nSPS) is 12.4. The number of nitrogens with zero attached hydrogens (tertiary/aromatic N) is 4. The molecule has 12 rings (SSSR count). The minimum Gasteiger partial charge on any atom is -0.838 e. The third-order valence-electron chi connectivity index (χ3n) is 11.1. The van der Waals surface area contributed by atoms with Crippen molar-refractivity contribution in [3.63, 3.8) is 0 Å². The van der Waals surface area contributed by atoms with Crippen molar-refractivity contribution in [2.24, 2.45) is 0 Å². The number of carbonyl (C=O) groups excluding carboxylic acids is 2. The van der Waals surface area contributed by atoms with E-state index < -0.39 is 23.1 Å². The van der Waals surface area contributed by atoms with E-state index in [2.05, 4.69) is 68.5 Å². The van der Waals surface area contributed by atoms with Gasteiger partial charge in [-0.1, -0.05) is 146 Å². The summed E-state index contributed by atoms with van der Waals surface area (Å²) >= 11 is 0. The number of rotatable bonds is 2. The third kappa shape index (κ3) is 8.67. The van der Waals surface area contributed by atoms with Crippen LogP contribution in [0.4, 0.5) is 0 Å². The van der Waals surface area contributed by atoms with Crippen molar-refractivity contribution in [1.29, 1.82) is 0 Å². The molecule has 0 spiro atoms. The number of aromatic nitrogens is 4. The van der Waals surface area contributed by atoms with E-state index in [1.54, 1.807) is 122 Å². The van der Waals surface area contributed by atoms with Gasteiger partial charge in [0, 0.05) is 58.3 Å². The number of aliphatic carboxylic acids is 2. The third-order valence-corrected chi connectivity index (χ3v) is 11.1. The molecule has 12 nitrogen and oxygen atoms in total. The van der Waals surface area contributed by atoms with Crippen molar-refractivity contribution >= 4 is 55.6 Å². The van der Waals surface area contributed by atoms with Gasteiger partial charge in [0.15, 0.2) is 0 Å². The van der Waals surface area contributed by atoms with Gasteiger partial charge in [0.25, 0.3) is 0 Å². The number of carboxylic acid groups (broad SMARTS) is 2. The molecule has 4 heterocycles. The first-order valence-electron chi connectivity index (χ1n) is 19.6. The molecule has 4 aromatic heterocycles. The maximum absolute atomic E-state index is 12.6. The second kappa shape index (κ2) is 20.7. The molecule has 0 amide bonds. The van der Waals surface area contributed by atoms with Crippen molar-refractivity contribution < 1.29 is 75.1 Å². The van der Waals surface area contributed by atoms with E-state index in [9.17, 15) is 30.0 Å². The molecule has 66 heavy (non-hydrogen) atoms. The molecule has 6 aromatic carbocycles. The van der Waals surface area contributed by atoms with Gasteiger partial charge in [-0.15, -0.1) is 0 Å². The van der Waals surface area contributed by atoms with Gasteiger partial charge in [0.1, 0.15) is 0 Å². The van der Waals surface area contributed by atoms with Crippen molar-refractivity contribution in [2.75, 3.05) is 0 Å². The second-order valence-electron chi connectivity index (χ2n) is 14.6. The molecule has 0 fully saturated rings. The van der Waals surface area contributed by atoms with Crippen LogP contribution >= 0.6 is 0 Å². The Hall–Kier alpha value is -7.22. The van der Waals surface area contributed by atoms with Gasteiger partial charge in [-0.2, -0.15) is 0 Å². The minimum atomic E-state index is -2.28. The summed E-state index contributed by atoms with van der Waals surface area (Å²) in [4.78, 5) is 39.8. The predicted octanol–water partition coefficient (Wildman–Crippen LogP) is 3.95. The van der Waals surface area contributed by atoms with Crippen LogP contribution in [-0.4, -0.2) is 42.8 Å². The summed E-state index contributed by atoms with van der Waals surface area (Å²) in [5.41, 5.74) is 3.13. The number of carbonyl (C=O) groups is 2. The van der Waals surface area contributed by atoms with Gasteiger partial charge in [0.05, 0.1) is 22.1 Å². The zero-order chi connectivity index (χ0) is 42.8. The van der Waals surface area contributed by atoms with Gasteiger partial charge in [-0.3, -0.25) is 19.9 Å². The van der Waals surface area contributed by atoms with Crippen LogP contribution in [-0.2, 0) is 54.9 Å². The maximum atomic E-state index is 12.6. The second-order valence-corrected chi connectivity index (χ2v) is 14.6. The summed E-state index contributed by atoms with van der Waals surface area (Å²) in [6, 6.07) is 51.4. The Morgan fingerprint density at radius 3 is 0.758 bits per heavy atom. The van der Waals surface area contributed by atoms with Crippen LogP contribution in [0.1, 0.15) is 22.3 Å². The molecule has 334 valence electrons. The first-order chi connectivity index (χ1) is 30.2. The van der Waals surface area contributed by atoms with Crippen molar-refractivity contribution in [3.05, 3.63) is 217 Å². The van der Waals surface area contributed by atoms with Crippen molar-refractivity contribution in [2.45, 2.75) is 11.2 Å². The maximum Gasteiger partial charge on any atom is 2.00 e. The van der Waals surface area contributed by atoms with Crippen LogP contribution in [0.3, 0.4) is 0 Å². The molecule has 2 aliphatic carbocycles. The minimum absolute atomic E-state index is 0. The van der Waals surface area contributed by atoms with E-state index in [-0.39, 0.29) is 67.3 Å². The van der Waals surface area contributed by atoms with Crippen molar-refractivity contribution in [1.82, 2.24) is 19.9 Å². The molecular formula is C52H36Cu2N4O8. The molecule has 2 radical (unpaired) electrons. The standard InChI is InChI=1S/2C14H9O3.2C12H8N2.2Cu.2H2O/c2*15-13(16)14(17)11-7-3-1-5-9(11)10-6-2-4-8-12(10)14;2*1-3-9-5-6-10-4-2-8-14-12(10)11(9)13-7-1;;;;/h2*1-8H,(H,15,16);2*1-8H;;;2*1H2/q2*-1;;;2*+2;;/p-2. The largest absolute Gasteiger partial charge is 2.00 e. The fourth-order valence-corrected chi connectivity index (χ4v) is 8.19. The first-order valence-corrected chi connectivity index (χ1v) is 19.6. The number of fused-ring (bicyclic) bond motifs is 12. The SMILES string of the molecule is O.O.O=C([O-])C1([O-])c2ccccc2-c2ccccc21.O=C([O-])C1([O-])c2ccccc2-c2ccccc21.[Cu+2].[Cu+2].c1cnc2c(c1)ccc1cccnc12.c1cnc2c(c1)ccc1cccnc12. The Morgan fingerprint density at radius 1 is 0.333 bits per heavy atom. The monoisotopic (exact) mass is 970 g/mol. The van der Waals surface area contributed by atoms with Crippen LogP contribution in [0.15, 0.2) is 195 Å². The Balaban J connectivity index is 0.000000162. The molecule has 0 aliphatic heterocycles. The molecule has 0 bridgehead atoms. The van der Waals surface area contributed by atoms with Crippen LogP contribution in [0.5, 0.6) is 0 Å². The fourth-order valence-electron chi connectivity index (χ4n) is 8.19. The Morgan fingerprint density at radius 2 is 0.545 bits per heavy atom. The molecule has 2 aliphatic rings. The first kappa shape index (κ1) is 49.8. The van der Waals surface area contributed by atoms with Crippen LogP contribution in [0.2, 0.25) is 0 Å². The molecule has 0 saturated carbocycles. The van der Waals surface area contributed by atoms with Crippen LogP contribution < -0.4 is 20.4 Å². The topological polar surface area (TPSA) is 241 Å². The van der Waals surface area contributed by atoms with Crippen molar-refractivity contribution in [3.8, 4) is 22.3 Å². The molecule has 0 unspecified atom stereocenters. The summed E-state index contributed by atoms with van der Waals surface area (Å²) in [5.74, 6) is -3.20. The number of hydrogen-bond donors (Lipinski definition) is 0. The predicted molar refractivity (Wildman–Crippen MR) is 237 cm³/mol. The van der Waals surface area contributed by atoms with E-state index >= 15 is 0 Å². The molecule has 14 heteroatoms. The average Bonchev–Trinajstić information content (AvgIpc) is 3.76. The van der Waals surface area contributed by atoms with Crippen LogP contribution in [0.25, 0.3) is 65.9 Å². The quantitative estimate of drug-likeness (QED) is 0.178. The summed E-state index contributed by atoms with van der Waals surface area (Å²) in [7, 11) is 0. The zero-order valence-electron chi connectivity index (χ0n) is 34.3. The molecule has 4 N–H and O–H groups in total. The number of pyridine rings is 4. The molecule has 10 aromatic rings. The summed E-state index contributed by atoms with van der Waals surface area (Å²) in [5, 5.41) is 52.2. The Bertz CT molecular complexity index is 2930. The number of benzene rings is 6. The smallest absolute Gasteiger partial charge is 0.838 e. The van der Waals surface area contributed by atoms with E-state index in [4.69, 9.17) is 0 Å². The van der Waals surface area contributed by atoms with Gasteiger partial charge in [-0.05, 0) is 80.0 Å². The van der Waals surface area contributed by atoms with Gasteiger partial charge in [-0.25, -0.2) is 0 Å². The van der Waals surface area contributed by atoms with Gasteiger partial charge >= 0.3 is 34.1 Å². The zero-order valence-corrected chi connectivity index (χ0v) is 36.2. The summed E-state index contributed by atoms with van der Waals surface area (Å²) in [6.45, 7) is 0. The fraction of sp³-hybridized carbons (Fsp3) is 0.0385. The van der Waals surface area contributed by atoms with E-state index in [1.807, 2.05) is 24.3 Å². The molecule has 0 atom stereocenters. The van der Waals surface area contributed by atoms with E-state index in [0.717, 1.165) is 43.6 Å².